The van der Waals surface area contributed by atoms with E-state index in [-0.39, 0.29) is 5.91 Å². The zero-order valence-electron chi connectivity index (χ0n) is 12.9. The summed E-state index contributed by atoms with van der Waals surface area (Å²) in [7, 11) is 0. The van der Waals surface area contributed by atoms with Crippen molar-refractivity contribution < 1.29 is 14.7 Å². The highest BCUT2D eigenvalue weighted by Crippen LogP contribution is 2.18. The summed E-state index contributed by atoms with van der Waals surface area (Å²) in [4.78, 5) is 25.1. The lowest BCUT2D eigenvalue weighted by molar-refractivity contribution is -0.131. The number of carbonyl (C=O) groups excluding carboxylic acids is 1. The Labute approximate surface area is 126 Å². The van der Waals surface area contributed by atoms with Crippen LogP contribution in [-0.2, 0) is 4.79 Å². The maximum Gasteiger partial charge on any atom is 0.328 e. The molecule has 0 heterocycles. The highest BCUT2D eigenvalue weighted by molar-refractivity contribution is 5.97. The van der Waals surface area contributed by atoms with Crippen LogP contribution in [0.25, 0.3) is 6.08 Å². The molecule has 4 heteroatoms. The van der Waals surface area contributed by atoms with Gasteiger partial charge < -0.3 is 10.0 Å². The van der Waals surface area contributed by atoms with E-state index in [1.807, 2.05) is 17.9 Å². The van der Waals surface area contributed by atoms with E-state index >= 15 is 0 Å². The predicted octanol–water partition coefficient (Wildman–Crippen LogP) is 3.36. The first-order valence-electron chi connectivity index (χ1n) is 7.31. The molecule has 1 aromatic carbocycles. The van der Waals surface area contributed by atoms with E-state index in [4.69, 9.17) is 5.11 Å². The fourth-order valence-corrected chi connectivity index (χ4v) is 2.25. The van der Waals surface area contributed by atoms with E-state index in [9.17, 15) is 9.59 Å². The number of aliphatic carboxylic acids is 1. The van der Waals surface area contributed by atoms with Crippen molar-refractivity contribution in [3.63, 3.8) is 0 Å². The predicted molar refractivity (Wildman–Crippen MR) is 84.3 cm³/mol. The minimum atomic E-state index is -0.996. The van der Waals surface area contributed by atoms with Gasteiger partial charge in [0.15, 0.2) is 0 Å². The molecular weight excluding hydrogens is 266 g/mol. The Morgan fingerprint density at radius 1 is 1.19 bits per heavy atom. The molecule has 114 valence electrons. The summed E-state index contributed by atoms with van der Waals surface area (Å²) >= 11 is 0. The summed E-state index contributed by atoms with van der Waals surface area (Å²) in [6, 6.07) is 5.40. The normalized spacial score (nSPS) is 10.8. The van der Waals surface area contributed by atoms with E-state index in [0.717, 1.165) is 43.1 Å². The number of amides is 1. The number of nitrogens with zero attached hydrogens (tertiary/aromatic N) is 1. The third-order valence-electron chi connectivity index (χ3n) is 3.29. The van der Waals surface area contributed by atoms with Crippen LogP contribution in [0.1, 0.15) is 48.2 Å². The Morgan fingerprint density at radius 2 is 1.81 bits per heavy atom. The molecule has 1 aromatic rings. The molecule has 0 aliphatic heterocycles. The van der Waals surface area contributed by atoms with Gasteiger partial charge in [0.2, 0.25) is 0 Å². The molecule has 0 atom stereocenters. The maximum atomic E-state index is 12.6. The molecule has 1 amide bonds. The first kappa shape index (κ1) is 17.0. The topological polar surface area (TPSA) is 57.6 Å². The van der Waals surface area contributed by atoms with Gasteiger partial charge in [0.1, 0.15) is 0 Å². The third-order valence-corrected chi connectivity index (χ3v) is 3.29. The number of carboxylic acids is 1. The van der Waals surface area contributed by atoms with Gasteiger partial charge in [0, 0.05) is 24.7 Å². The summed E-state index contributed by atoms with van der Waals surface area (Å²) in [6.07, 6.45) is 4.46. The van der Waals surface area contributed by atoms with E-state index < -0.39 is 5.97 Å². The molecule has 0 unspecified atom stereocenters. The van der Waals surface area contributed by atoms with Crippen LogP contribution >= 0.6 is 0 Å². The Morgan fingerprint density at radius 3 is 2.33 bits per heavy atom. The third kappa shape index (κ3) is 4.74. The molecule has 4 nitrogen and oxygen atoms in total. The smallest absolute Gasteiger partial charge is 0.328 e. The summed E-state index contributed by atoms with van der Waals surface area (Å²) in [5.41, 5.74) is 2.22. The highest BCUT2D eigenvalue weighted by atomic mass is 16.4. The van der Waals surface area contributed by atoms with E-state index in [1.54, 1.807) is 12.1 Å². The van der Waals surface area contributed by atoms with Gasteiger partial charge in [0.05, 0.1) is 0 Å². The second-order valence-corrected chi connectivity index (χ2v) is 4.98. The van der Waals surface area contributed by atoms with Crippen LogP contribution < -0.4 is 0 Å². The zero-order valence-corrected chi connectivity index (χ0v) is 12.9. The van der Waals surface area contributed by atoms with E-state index in [1.165, 1.54) is 6.08 Å². The number of hydrogen-bond donors (Lipinski definition) is 1. The second kappa shape index (κ2) is 8.25. The van der Waals surface area contributed by atoms with Crippen molar-refractivity contribution >= 4 is 18.0 Å². The number of rotatable bonds is 7. The quantitative estimate of drug-likeness (QED) is 0.783. The van der Waals surface area contributed by atoms with Crippen LogP contribution in [0.4, 0.5) is 0 Å². The molecule has 0 bridgehead atoms. The van der Waals surface area contributed by atoms with Crippen LogP contribution in [0.3, 0.4) is 0 Å². The first-order valence-corrected chi connectivity index (χ1v) is 7.31. The molecule has 21 heavy (non-hydrogen) atoms. The fourth-order valence-electron chi connectivity index (χ4n) is 2.25. The Kier molecular flexibility index (Phi) is 6.66. The lowest BCUT2D eigenvalue weighted by Crippen LogP contribution is -2.33. The van der Waals surface area contributed by atoms with E-state index in [0.29, 0.717) is 5.56 Å². The Hall–Kier alpha value is -2.10. The minimum Gasteiger partial charge on any atom is -0.478 e. The molecule has 0 aliphatic rings. The van der Waals surface area contributed by atoms with Crippen molar-refractivity contribution in [3.8, 4) is 0 Å². The molecule has 0 saturated carbocycles. The maximum absolute atomic E-state index is 12.6. The molecule has 0 saturated heterocycles. The number of carbonyl (C=O) groups is 2. The largest absolute Gasteiger partial charge is 0.478 e. The SMILES string of the molecule is CCCN(CCC)C(=O)c1cccc(C=CC(=O)O)c1C. The Balaban J connectivity index is 3.09. The molecule has 1 rings (SSSR count). The summed E-state index contributed by atoms with van der Waals surface area (Å²) in [6.45, 7) is 7.43. The molecule has 0 spiro atoms. The Bertz CT molecular complexity index is 529. The van der Waals surface area contributed by atoms with Gasteiger partial charge in [-0.1, -0.05) is 26.0 Å². The van der Waals surface area contributed by atoms with Crippen LogP contribution in [0.2, 0.25) is 0 Å². The van der Waals surface area contributed by atoms with Crippen molar-refractivity contribution in [2.45, 2.75) is 33.6 Å². The van der Waals surface area contributed by atoms with Crippen molar-refractivity contribution in [2.24, 2.45) is 0 Å². The van der Waals surface area contributed by atoms with Gasteiger partial charge in [-0.3, -0.25) is 4.79 Å². The average Bonchev–Trinajstić information content (AvgIpc) is 2.45. The van der Waals surface area contributed by atoms with Crippen LogP contribution in [0.5, 0.6) is 0 Å². The van der Waals surface area contributed by atoms with Gasteiger partial charge in [-0.25, -0.2) is 4.79 Å². The van der Waals surface area contributed by atoms with Gasteiger partial charge in [-0.05, 0) is 43.0 Å². The van der Waals surface area contributed by atoms with Crippen LogP contribution in [0.15, 0.2) is 24.3 Å². The highest BCUT2D eigenvalue weighted by Gasteiger charge is 2.17. The van der Waals surface area contributed by atoms with Crippen molar-refractivity contribution in [1.82, 2.24) is 4.90 Å². The summed E-state index contributed by atoms with van der Waals surface area (Å²) in [5, 5.41) is 8.71. The van der Waals surface area contributed by atoms with Gasteiger partial charge >= 0.3 is 5.97 Å². The zero-order chi connectivity index (χ0) is 15.8. The summed E-state index contributed by atoms with van der Waals surface area (Å²) < 4.78 is 0. The molecular formula is C17H23NO3. The van der Waals surface area contributed by atoms with Crippen molar-refractivity contribution in [2.75, 3.05) is 13.1 Å². The first-order chi connectivity index (χ1) is 10.0. The standard InChI is InChI=1S/C17H23NO3/c1-4-11-18(12-5-2)17(21)15-8-6-7-14(13(15)3)9-10-16(19)20/h6-10H,4-5,11-12H2,1-3H3,(H,19,20). The van der Waals surface area contributed by atoms with Gasteiger partial charge in [-0.15, -0.1) is 0 Å². The lowest BCUT2D eigenvalue weighted by atomic mass is 10.0. The second-order valence-electron chi connectivity index (χ2n) is 4.98. The van der Waals surface area contributed by atoms with Gasteiger partial charge in [-0.2, -0.15) is 0 Å². The molecule has 0 aromatic heterocycles. The molecule has 0 aliphatic carbocycles. The van der Waals surface area contributed by atoms with Crippen molar-refractivity contribution in [3.05, 3.63) is 41.0 Å². The summed E-state index contributed by atoms with van der Waals surface area (Å²) in [5.74, 6) is -0.980. The lowest BCUT2D eigenvalue weighted by Gasteiger charge is -2.22. The average molecular weight is 289 g/mol. The minimum absolute atomic E-state index is 0.0155. The van der Waals surface area contributed by atoms with Crippen LogP contribution in [0, 0.1) is 6.92 Å². The number of benzene rings is 1. The number of hydrogen-bond acceptors (Lipinski definition) is 2. The van der Waals surface area contributed by atoms with Gasteiger partial charge in [0.25, 0.3) is 5.91 Å². The van der Waals surface area contributed by atoms with E-state index in [2.05, 4.69) is 13.8 Å². The van der Waals surface area contributed by atoms with Crippen LogP contribution in [-0.4, -0.2) is 35.0 Å². The molecule has 1 N–H and O–H groups in total. The molecule has 0 fully saturated rings. The molecule has 0 radical (unpaired) electrons. The monoisotopic (exact) mass is 289 g/mol. The number of carboxylic acid groups (broad SMARTS) is 1. The van der Waals surface area contributed by atoms with Crippen molar-refractivity contribution in [1.29, 1.82) is 0 Å². The fraction of sp³-hybridized carbons (Fsp3) is 0.412.